The Bertz CT molecular complexity index is 1410. The molecule has 1 amide bonds. The first-order valence-electron chi connectivity index (χ1n) is 9.68. The monoisotopic (exact) mass is 649 g/mol. The molecule has 0 saturated heterocycles. The van der Waals surface area contributed by atoms with Crippen molar-refractivity contribution in [3.63, 3.8) is 0 Å². The van der Waals surface area contributed by atoms with Crippen molar-refractivity contribution in [2.24, 2.45) is 5.10 Å². The number of hydrogen-bond acceptors (Lipinski definition) is 6. The van der Waals surface area contributed by atoms with E-state index in [2.05, 4.69) is 58.3 Å². The van der Waals surface area contributed by atoms with E-state index < -0.39 is 10.8 Å². The molecule has 1 aromatic heterocycles. The number of hydrogen-bond donors (Lipinski definition) is 1. The maximum atomic E-state index is 12.4. The van der Waals surface area contributed by atoms with Crippen LogP contribution in [0.5, 0.6) is 5.75 Å². The van der Waals surface area contributed by atoms with Crippen molar-refractivity contribution in [3.05, 3.63) is 101 Å². The second kappa shape index (κ2) is 10.5. The minimum Gasteiger partial charge on any atom is -0.487 e. The number of nitro groups is 1. The van der Waals surface area contributed by atoms with Crippen LogP contribution in [0, 0.1) is 10.1 Å². The van der Waals surface area contributed by atoms with E-state index in [1.54, 1.807) is 36.4 Å². The minimum atomic E-state index is -0.474. The van der Waals surface area contributed by atoms with E-state index in [9.17, 15) is 14.9 Å². The standard InChI is InChI=1S/C23H14Br3N3O5/c24-16-4-5-20-15(9-16)10-21(34-20)23(30)28-27-11-14-7-18(25)22(19(26)8-14)33-12-13-2-1-3-17(6-13)29(31)32/h1-11H,12H2,(H,28,30)/b27-11+. The lowest BCUT2D eigenvalue weighted by Crippen LogP contribution is -2.16. The number of amides is 1. The van der Waals surface area contributed by atoms with Gasteiger partial charge in [0, 0.05) is 22.0 Å². The highest BCUT2D eigenvalue weighted by molar-refractivity contribution is 9.11. The number of rotatable bonds is 7. The van der Waals surface area contributed by atoms with E-state index in [0.717, 1.165) is 9.86 Å². The minimum absolute atomic E-state index is 0.00311. The fourth-order valence-electron chi connectivity index (χ4n) is 3.05. The number of carbonyl (C=O) groups excluding carboxylic acids is 1. The molecule has 0 saturated carbocycles. The lowest BCUT2D eigenvalue weighted by molar-refractivity contribution is -0.384. The number of non-ortho nitro benzene ring substituents is 1. The SMILES string of the molecule is O=C(N/N=C/c1cc(Br)c(OCc2cccc([N+](=O)[O-])c2)c(Br)c1)c1cc2cc(Br)ccc2o1. The molecule has 0 aliphatic rings. The topological polar surface area (TPSA) is 107 Å². The Hall–Kier alpha value is -3.02. The summed E-state index contributed by atoms with van der Waals surface area (Å²) in [5, 5.41) is 15.7. The first-order valence-corrected chi connectivity index (χ1v) is 12.1. The third kappa shape index (κ3) is 5.72. The highest BCUT2D eigenvalue weighted by Gasteiger charge is 2.13. The summed E-state index contributed by atoms with van der Waals surface area (Å²) in [7, 11) is 0. The normalized spacial score (nSPS) is 11.1. The summed E-state index contributed by atoms with van der Waals surface area (Å²) >= 11 is 10.3. The average Bonchev–Trinajstić information content (AvgIpc) is 3.22. The molecule has 4 aromatic rings. The van der Waals surface area contributed by atoms with Crippen molar-refractivity contribution < 1.29 is 18.9 Å². The predicted molar refractivity (Wildman–Crippen MR) is 138 cm³/mol. The molecule has 0 bridgehead atoms. The summed E-state index contributed by atoms with van der Waals surface area (Å²) in [4.78, 5) is 22.8. The number of nitrogens with zero attached hydrogens (tertiary/aromatic N) is 2. The van der Waals surface area contributed by atoms with Crippen LogP contribution in [-0.4, -0.2) is 17.0 Å². The van der Waals surface area contributed by atoms with Gasteiger partial charge >= 0.3 is 5.91 Å². The number of hydrazone groups is 1. The quantitative estimate of drug-likeness (QED) is 0.132. The highest BCUT2D eigenvalue weighted by Crippen LogP contribution is 2.35. The average molecular weight is 652 g/mol. The van der Waals surface area contributed by atoms with Crippen LogP contribution >= 0.6 is 47.8 Å². The molecule has 0 spiro atoms. The largest absolute Gasteiger partial charge is 0.487 e. The zero-order valence-electron chi connectivity index (χ0n) is 17.1. The molecule has 0 atom stereocenters. The Kier molecular flexibility index (Phi) is 7.44. The summed E-state index contributed by atoms with van der Waals surface area (Å²) in [5.41, 5.74) is 4.41. The van der Waals surface area contributed by atoms with E-state index in [4.69, 9.17) is 9.15 Å². The molecule has 4 rings (SSSR count). The van der Waals surface area contributed by atoms with Crippen LogP contribution in [0.3, 0.4) is 0 Å². The molecule has 34 heavy (non-hydrogen) atoms. The summed E-state index contributed by atoms with van der Waals surface area (Å²) in [6.45, 7) is 0.149. The number of halogens is 3. The molecule has 11 heteroatoms. The van der Waals surface area contributed by atoms with Crippen LogP contribution in [0.1, 0.15) is 21.7 Å². The van der Waals surface area contributed by atoms with Crippen molar-refractivity contribution >= 4 is 76.6 Å². The van der Waals surface area contributed by atoms with Crippen LogP contribution in [0.4, 0.5) is 5.69 Å². The van der Waals surface area contributed by atoms with E-state index in [1.165, 1.54) is 18.3 Å². The predicted octanol–water partition coefficient (Wildman–Crippen LogP) is 6.97. The Morgan fingerprint density at radius 2 is 1.85 bits per heavy atom. The van der Waals surface area contributed by atoms with E-state index in [1.807, 2.05) is 12.1 Å². The van der Waals surface area contributed by atoms with Gasteiger partial charge in [0.05, 0.1) is 20.1 Å². The van der Waals surface area contributed by atoms with Crippen molar-refractivity contribution in [2.45, 2.75) is 6.61 Å². The van der Waals surface area contributed by atoms with Gasteiger partial charge in [0.25, 0.3) is 5.69 Å². The van der Waals surface area contributed by atoms with Crippen LogP contribution in [0.2, 0.25) is 0 Å². The van der Waals surface area contributed by atoms with Gasteiger partial charge < -0.3 is 9.15 Å². The number of benzene rings is 3. The molecule has 0 radical (unpaired) electrons. The Balaban J connectivity index is 1.41. The molecule has 0 unspecified atom stereocenters. The highest BCUT2D eigenvalue weighted by atomic mass is 79.9. The third-order valence-corrected chi connectivity index (χ3v) is 6.28. The number of furan rings is 1. The number of carbonyl (C=O) groups is 1. The molecular formula is C23H14Br3N3O5. The fraction of sp³-hybridized carbons (Fsp3) is 0.0435. The maximum Gasteiger partial charge on any atom is 0.307 e. The smallest absolute Gasteiger partial charge is 0.307 e. The number of nitro benzene ring substituents is 1. The Labute approximate surface area is 218 Å². The maximum absolute atomic E-state index is 12.4. The molecular weight excluding hydrogens is 638 g/mol. The summed E-state index contributed by atoms with van der Waals surface area (Å²) in [5.74, 6) is 0.206. The van der Waals surface area contributed by atoms with E-state index >= 15 is 0 Å². The fourth-order valence-corrected chi connectivity index (χ4v) is 4.88. The van der Waals surface area contributed by atoms with Crippen LogP contribution in [0.15, 0.2) is 83.6 Å². The van der Waals surface area contributed by atoms with Crippen molar-refractivity contribution in [3.8, 4) is 5.75 Å². The van der Waals surface area contributed by atoms with Gasteiger partial charge in [-0.1, -0.05) is 28.1 Å². The van der Waals surface area contributed by atoms with Crippen molar-refractivity contribution in [1.29, 1.82) is 0 Å². The third-order valence-electron chi connectivity index (χ3n) is 4.61. The van der Waals surface area contributed by atoms with Gasteiger partial charge in [-0.3, -0.25) is 14.9 Å². The van der Waals surface area contributed by atoms with Gasteiger partial charge in [-0.15, -0.1) is 0 Å². The van der Waals surface area contributed by atoms with Crippen molar-refractivity contribution in [2.75, 3.05) is 0 Å². The van der Waals surface area contributed by atoms with E-state index in [0.29, 0.717) is 31.4 Å². The molecule has 0 fully saturated rings. The molecule has 8 nitrogen and oxygen atoms in total. The molecule has 3 aromatic carbocycles. The second-order valence-electron chi connectivity index (χ2n) is 7.02. The van der Waals surface area contributed by atoms with Crippen LogP contribution in [-0.2, 0) is 6.61 Å². The second-order valence-corrected chi connectivity index (χ2v) is 9.65. The van der Waals surface area contributed by atoms with E-state index in [-0.39, 0.29) is 18.1 Å². The lowest BCUT2D eigenvalue weighted by Gasteiger charge is -2.11. The molecule has 1 heterocycles. The lowest BCUT2D eigenvalue weighted by atomic mass is 10.2. The zero-order valence-corrected chi connectivity index (χ0v) is 21.9. The Morgan fingerprint density at radius 3 is 2.59 bits per heavy atom. The molecule has 0 aliphatic heterocycles. The first kappa shape index (κ1) is 24.1. The van der Waals surface area contributed by atoms with Gasteiger partial charge in [-0.2, -0.15) is 5.10 Å². The first-order chi connectivity index (χ1) is 16.3. The van der Waals surface area contributed by atoms with Crippen LogP contribution < -0.4 is 10.2 Å². The van der Waals surface area contributed by atoms with Crippen molar-refractivity contribution in [1.82, 2.24) is 5.43 Å². The Morgan fingerprint density at radius 1 is 1.09 bits per heavy atom. The molecule has 172 valence electrons. The summed E-state index contributed by atoms with van der Waals surface area (Å²) in [6.07, 6.45) is 1.48. The summed E-state index contributed by atoms with van der Waals surface area (Å²) in [6, 6.07) is 16.9. The molecule has 1 N–H and O–H groups in total. The van der Waals surface area contributed by atoms with Gasteiger partial charge in [-0.05, 0) is 79.4 Å². The van der Waals surface area contributed by atoms with Crippen LogP contribution in [0.25, 0.3) is 11.0 Å². The van der Waals surface area contributed by atoms with Gasteiger partial charge in [-0.25, -0.2) is 5.43 Å². The van der Waals surface area contributed by atoms with Gasteiger partial charge in [0.15, 0.2) is 5.76 Å². The zero-order chi connectivity index (χ0) is 24.2. The number of nitrogens with one attached hydrogen (secondary N) is 1. The number of ether oxygens (including phenoxy) is 1. The molecule has 0 aliphatic carbocycles. The summed E-state index contributed by atoms with van der Waals surface area (Å²) < 4.78 is 13.6. The van der Waals surface area contributed by atoms with Gasteiger partial charge in [0.1, 0.15) is 17.9 Å². The van der Waals surface area contributed by atoms with Gasteiger partial charge in [0.2, 0.25) is 0 Å². The number of fused-ring (bicyclic) bond motifs is 1.